The summed E-state index contributed by atoms with van der Waals surface area (Å²) in [5.41, 5.74) is 3.28. The number of hydrogen-bond donors (Lipinski definition) is 3. The Morgan fingerprint density at radius 3 is 2.67 bits per heavy atom. The van der Waals surface area contributed by atoms with Gasteiger partial charge in [-0.15, -0.1) is 0 Å². The van der Waals surface area contributed by atoms with Crippen molar-refractivity contribution in [1.29, 1.82) is 0 Å². The van der Waals surface area contributed by atoms with Crippen LogP contribution in [0.1, 0.15) is 0 Å². The second-order valence-corrected chi connectivity index (χ2v) is 5.00. The number of thiocarbonyl (C=S) groups is 1. The Kier molecular flexibility index (Phi) is 3.75. The molecule has 0 amide bonds. The van der Waals surface area contributed by atoms with Gasteiger partial charge in [0, 0.05) is 12.1 Å². The van der Waals surface area contributed by atoms with E-state index in [4.69, 9.17) is 12.2 Å². The number of aliphatic hydroxyl groups excluding tert-OH is 1. The van der Waals surface area contributed by atoms with Gasteiger partial charge in [-0.05, 0) is 23.9 Å². The number of rotatable bonds is 3. The predicted octanol–water partition coefficient (Wildman–Crippen LogP) is 1.26. The van der Waals surface area contributed by atoms with Gasteiger partial charge in [-0.1, -0.05) is 12.2 Å². The number of anilines is 1. The minimum atomic E-state index is -0.909. The van der Waals surface area contributed by atoms with E-state index in [0.717, 1.165) is 11.8 Å². The van der Waals surface area contributed by atoms with Crippen LogP contribution in [-0.4, -0.2) is 25.6 Å². The molecule has 7 nitrogen and oxygen atoms in total. The van der Waals surface area contributed by atoms with Crippen molar-refractivity contribution in [3.63, 3.8) is 0 Å². The van der Waals surface area contributed by atoms with Crippen molar-refractivity contribution >= 4 is 44.7 Å². The lowest BCUT2D eigenvalue weighted by molar-refractivity contribution is -0.384. The van der Waals surface area contributed by atoms with E-state index in [-0.39, 0.29) is 5.69 Å². The third kappa shape index (κ3) is 2.94. The smallest absolute Gasteiger partial charge is 0.269 e. The number of nitrogens with zero attached hydrogens (tertiary/aromatic N) is 2. The maximum Gasteiger partial charge on any atom is 0.269 e. The van der Waals surface area contributed by atoms with Crippen molar-refractivity contribution in [2.45, 2.75) is 6.23 Å². The molecular weight excluding hydrogens is 276 g/mol. The zero-order valence-electron chi connectivity index (χ0n) is 8.86. The summed E-state index contributed by atoms with van der Waals surface area (Å²) in [6, 6.07) is 5.78. The van der Waals surface area contributed by atoms with Crippen LogP contribution in [0.15, 0.2) is 29.4 Å². The highest BCUT2D eigenvalue weighted by Gasteiger charge is 2.24. The topological polar surface area (TPSA) is 99.8 Å². The van der Waals surface area contributed by atoms with E-state index in [1.54, 1.807) is 0 Å². The highest BCUT2D eigenvalue weighted by atomic mass is 32.2. The molecule has 1 aliphatic rings. The zero-order valence-corrected chi connectivity index (χ0v) is 10.5. The first-order valence-corrected chi connectivity index (χ1v) is 6.03. The molecule has 0 spiro atoms. The second kappa shape index (κ2) is 5.29. The SMILES string of the molecule is O=[N+]([O-])c1ccc(N/N=C2/SC(=S)NC2O)cc1. The highest BCUT2D eigenvalue weighted by Crippen LogP contribution is 2.18. The molecular formula is C9H8N4O3S2. The highest BCUT2D eigenvalue weighted by molar-refractivity contribution is 8.33. The van der Waals surface area contributed by atoms with Crippen molar-refractivity contribution in [2.75, 3.05) is 5.43 Å². The van der Waals surface area contributed by atoms with E-state index in [9.17, 15) is 15.2 Å². The van der Waals surface area contributed by atoms with Crippen molar-refractivity contribution in [2.24, 2.45) is 5.10 Å². The van der Waals surface area contributed by atoms with Gasteiger partial charge >= 0.3 is 0 Å². The number of non-ortho nitro benzene ring substituents is 1. The second-order valence-electron chi connectivity index (χ2n) is 3.30. The van der Waals surface area contributed by atoms with Crippen LogP contribution in [-0.2, 0) is 0 Å². The Morgan fingerprint density at radius 1 is 1.50 bits per heavy atom. The number of nitro groups is 1. The number of hydrazone groups is 1. The molecule has 9 heteroatoms. The summed E-state index contributed by atoms with van der Waals surface area (Å²) in [5.74, 6) is 0. The molecule has 18 heavy (non-hydrogen) atoms. The summed E-state index contributed by atoms with van der Waals surface area (Å²) in [4.78, 5) is 9.98. The molecule has 1 heterocycles. The summed E-state index contributed by atoms with van der Waals surface area (Å²) in [6.07, 6.45) is -0.909. The Balaban J connectivity index is 2.04. The monoisotopic (exact) mass is 284 g/mol. The van der Waals surface area contributed by atoms with Gasteiger partial charge in [-0.25, -0.2) is 0 Å². The fourth-order valence-corrected chi connectivity index (χ4v) is 2.21. The number of nitro benzene ring substituents is 1. The summed E-state index contributed by atoms with van der Waals surface area (Å²) in [6.45, 7) is 0. The number of aliphatic hydroxyl groups is 1. The van der Waals surface area contributed by atoms with Gasteiger partial charge in [0.2, 0.25) is 0 Å². The third-order valence-corrected chi connectivity index (χ3v) is 3.25. The average molecular weight is 284 g/mol. The Hall–Kier alpha value is -1.71. The quantitative estimate of drug-likeness (QED) is 0.436. The van der Waals surface area contributed by atoms with Crippen LogP contribution in [0.25, 0.3) is 0 Å². The van der Waals surface area contributed by atoms with E-state index in [2.05, 4.69) is 15.8 Å². The van der Waals surface area contributed by atoms with Gasteiger partial charge < -0.3 is 10.4 Å². The Bertz CT molecular complexity index is 517. The normalized spacial score (nSPS) is 20.8. The predicted molar refractivity (Wildman–Crippen MR) is 73.5 cm³/mol. The van der Waals surface area contributed by atoms with E-state index in [0.29, 0.717) is 15.1 Å². The summed E-state index contributed by atoms with van der Waals surface area (Å²) in [7, 11) is 0. The molecule has 1 fully saturated rings. The van der Waals surface area contributed by atoms with E-state index in [1.807, 2.05) is 0 Å². The standard InChI is InChI=1S/C9H8N4O3S2/c14-7-8(18-9(17)10-7)12-11-5-1-3-6(4-2-5)13(15)16/h1-4,7,11,14H,(H,10,17)/b12-8+. The molecule has 1 saturated heterocycles. The molecule has 0 radical (unpaired) electrons. The maximum absolute atomic E-state index is 10.5. The van der Waals surface area contributed by atoms with Crippen LogP contribution < -0.4 is 10.7 Å². The fourth-order valence-electron chi connectivity index (χ4n) is 1.21. The molecule has 1 atom stereocenters. The van der Waals surface area contributed by atoms with Gasteiger partial charge in [0.1, 0.15) is 9.36 Å². The lowest BCUT2D eigenvalue weighted by Crippen LogP contribution is -2.28. The molecule has 94 valence electrons. The lowest BCUT2D eigenvalue weighted by atomic mass is 10.3. The molecule has 0 aliphatic carbocycles. The molecule has 1 unspecified atom stereocenters. The number of nitrogens with one attached hydrogen (secondary N) is 2. The molecule has 1 aromatic rings. The van der Waals surface area contributed by atoms with Crippen LogP contribution >= 0.6 is 24.0 Å². The minimum absolute atomic E-state index is 0.00586. The third-order valence-electron chi connectivity index (χ3n) is 2.06. The Morgan fingerprint density at radius 2 is 2.17 bits per heavy atom. The molecule has 1 aromatic carbocycles. The number of thioether (sulfide) groups is 1. The fraction of sp³-hybridized carbons (Fsp3) is 0.111. The summed E-state index contributed by atoms with van der Waals surface area (Å²) in [5, 5.41) is 26.9. The molecule has 2 rings (SSSR count). The number of benzene rings is 1. The Labute approximate surface area is 111 Å². The zero-order chi connectivity index (χ0) is 13.1. The van der Waals surface area contributed by atoms with Crippen molar-refractivity contribution in [1.82, 2.24) is 5.32 Å². The van der Waals surface area contributed by atoms with E-state index in [1.165, 1.54) is 24.3 Å². The lowest BCUT2D eigenvalue weighted by Gasteiger charge is -2.03. The number of hydrogen-bond acceptors (Lipinski definition) is 7. The largest absolute Gasteiger partial charge is 0.368 e. The van der Waals surface area contributed by atoms with E-state index < -0.39 is 11.2 Å². The van der Waals surface area contributed by atoms with Crippen molar-refractivity contribution in [3.05, 3.63) is 34.4 Å². The molecule has 3 N–H and O–H groups in total. The average Bonchev–Trinajstić information content (AvgIpc) is 2.66. The summed E-state index contributed by atoms with van der Waals surface area (Å²) >= 11 is 6.01. The first-order valence-electron chi connectivity index (χ1n) is 4.81. The minimum Gasteiger partial charge on any atom is -0.368 e. The van der Waals surface area contributed by atoms with Gasteiger partial charge in [0.25, 0.3) is 5.69 Å². The van der Waals surface area contributed by atoms with Crippen molar-refractivity contribution in [3.8, 4) is 0 Å². The van der Waals surface area contributed by atoms with Crippen LogP contribution in [0.5, 0.6) is 0 Å². The van der Waals surface area contributed by atoms with Gasteiger partial charge in [-0.2, -0.15) is 5.10 Å². The maximum atomic E-state index is 10.5. The van der Waals surface area contributed by atoms with Crippen LogP contribution in [0, 0.1) is 10.1 Å². The van der Waals surface area contributed by atoms with Gasteiger partial charge in [0.05, 0.1) is 10.6 Å². The first kappa shape index (κ1) is 12.7. The first-order chi connectivity index (χ1) is 8.56. The van der Waals surface area contributed by atoms with E-state index >= 15 is 0 Å². The molecule has 0 aromatic heterocycles. The van der Waals surface area contributed by atoms with Crippen molar-refractivity contribution < 1.29 is 10.0 Å². The molecule has 0 bridgehead atoms. The van der Waals surface area contributed by atoms with Gasteiger partial charge in [0.15, 0.2) is 6.23 Å². The van der Waals surface area contributed by atoms with Gasteiger partial charge in [-0.3, -0.25) is 15.5 Å². The molecule has 1 aliphatic heterocycles. The van der Waals surface area contributed by atoms with Crippen LogP contribution in [0.3, 0.4) is 0 Å². The van der Waals surface area contributed by atoms with Crippen LogP contribution in [0.4, 0.5) is 11.4 Å². The molecule has 0 saturated carbocycles. The summed E-state index contributed by atoms with van der Waals surface area (Å²) < 4.78 is 0.451. The van der Waals surface area contributed by atoms with Crippen LogP contribution in [0.2, 0.25) is 0 Å².